The molecule has 1 aliphatic rings. The SMILES string of the molecule is Cc1ccc(C)c(C2CNCC(CC(C)C)O2)c1. The molecule has 0 amide bonds. The van der Waals surface area contributed by atoms with Gasteiger partial charge in [0.1, 0.15) is 0 Å². The van der Waals surface area contributed by atoms with E-state index >= 15 is 0 Å². The van der Waals surface area contributed by atoms with Crippen LogP contribution in [0.2, 0.25) is 0 Å². The van der Waals surface area contributed by atoms with E-state index in [2.05, 4.69) is 51.2 Å². The van der Waals surface area contributed by atoms with Crippen molar-refractivity contribution in [2.24, 2.45) is 5.92 Å². The van der Waals surface area contributed by atoms with Gasteiger partial charge in [-0.05, 0) is 37.3 Å². The van der Waals surface area contributed by atoms with Gasteiger partial charge in [0, 0.05) is 13.1 Å². The highest BCUT2D eigenvalue weighted by atomic mass is 16.5. The topological polar surface area (TPSA) is 21.3 Å². The molecular weight excluding hydrogens is 222 g/mol. The number of hydrogen-bond acceptors (Lipinski definition) is 2. The largest absolute Gasteiger partial charge is 0.368 e. The molecule has 1 saturated heterocycles. The van der Waals surface area contributed by atoms with E-state index in [4.69, 9.17) is 4.74 Å². The Kier molecular flexibility index (Phi) is 4.41. The fourth-order valence-electron chi connectivity index (χ4n) is 2.66. The van der Waals surface area contributed by atoms with Gasteiger partial charge in [-0.15, -0.1) is 0 Å². The molecule has 0 saturated carbocycles. The number of rotatable bonds is 3. The molecule has 2 nitrogen and oxygen atoms in total. The van der Waals surface area contributed by atoms with Crippen LogP contribution in [0, 0.1) is 19.8 Å². The highest BCUT2D eigenvalue weighted by molar-refractivity contribution is 5.32. The molecule has 2 rings (SSSR count). The van der Waals surface area contributed by atoms with Crippen LogP contribution in [0.25, 0.3) is 0 Å². The van der Waals surface area contributed by atoms with Gasteiger partial charge in [0.15, 0.2) is 0 Å². The molecule has 0 aliphatic carbocycles. The van der Waals surface area contributed by atoms with Crippen molar-refractivity contribution in [3.05, 3.63) is 34.9 Å². The van der Waals surface area contributed by atoms with E-state index in [0.717, 1.165) is 19.5 Å². The van der Waals surface area contributed by atoms with E-state index in [0.29, 0.717) is 12.0 Å². The molecule has 1 aromatic rings. The maximum atomic E-state index is 6.26. The van der Waals surface area contributed by atoms with Crippen molar-refractivity contribution >= 4 is 0 Å². The molecule has 1 heterocycles. The van der Waals surface area contributed by atoms with Gasteiger partial charge in [0.25, 0.3) is 0 Å². The van der Waals surface area contributed by atoms with Crippen LogP contribution >= 0.6 is 0 Å². The van der Waals surface area contributed by atoms with Crippen molar-refractivity contribution < 1.29 is 4.74 Å². The lowest BCUT2D eigenvalue weighted by molar-refractivity contribution is -0.0476. The molecule has 1 aliphatic heterocycles. The molecule has 2 unspecified atom stereocenters. The zero-order valence-corrected chi connectivity index (χ0v) is 12.0. The number of hydrogen-bond donors (Lipinski definition) is 1. The summed E-state index contributed by atoms with van der Waals surface area (Å²) in [5, 5.41) is 3.51. The van der Waals surface area contributed by atoms with Crippen LogP contribution < -0.4 is 5.32 Å². The fraction of sp³-hybridized carbons (Fsp3) is 0.625. The highest BCUT2D eigenvalue weighted by Gasteiger charge is 2.24. The van der Waals surface area contributed by atoms with E-state index in [1.807, 2.05) is 0 Å². The predicted octanol–water partition coefficient (Wildman–Crippen LogP) is 3.38. The third-order valence-electron chi connectivity index (χ3n) is 3.57. The lowest BCUT2D eigenvalue weighted by atomic mass is 9.98. The van der Waals surface area contributed by atoms with Gasteiger partial charge >= 0.3 is 0 Å². The third kappa shape index (κ3) is 3.33. The first kappa shape index (κ1) is 13.6. The Labute approximate surface area is 111 Å². The lowest BCUT2D eigenvalue weighted by Gasteiger charge is -2.33. The monoisotopic (exact) mass is 247 g/mol. The summed E-state index contributed by atoms with van der Waals surface area (Å²) in [6.45, 7) is 10.7. The van der Waals surface area contributed by atoms with Gasteiger partial charge in [0.2, 0.25) is 0 Å². The first-order valence-electron chi connectivity index (χ1n) is 6.99. The number of morpholine rings is 1. The maximum Gasteiger partial charge on any atom is 0.0956 e. The summed E-state index contributed by atoms with van der Waals surface area (Å²) in [7, 11) is 0. The minimum atomic E-state index is 0.211. The van der Waals surface area contributed by atoms with Crippen molar-refractivity contribution in [1.82, 2.24) is 5.32 Å². The Hall–Kier alpha value is -0.860. The van der Waals surface area contributed by atoms with Gasteiger partial charge < -0.3 is 10.1 Å². The van der Waals surface area contributed by atoms with Crippen LogP contribution in [0.3, 0.4) is 0 Å². The predicted molar refractivity (Wildman–Crippen MR) is 75.9 cm³/mol. The van der Waals surface area contributed by atoms with Gasteiger partial charge in [-0.25, -0.2) is 0 Å². The quantitative estimate of drug-likeness (QED) is 0.884. The van der Waals surface area contributed by atoms with Crippen LogP contribution in [-0.4, -0.2) is 19.2 Å². The van der Waals surface area contributed by atoms with Crippen molar-refractivity contribution in [3.8, 4) is 0 Å². The molecule has 0 radical (unpaired) electrons. The molecule has 1 fully saturated rings. The molecule has 0 bridgehead atoms. The van der Waals surface area contributed by atoms with Gasteiger partial charge in [-0.1, -0.05) is 37.6 Å². The summed E-state index contributed by atoms with van der Waals surface area (Å²) in [5.41, 5.74) is 3.98. The summed E-state index contributed by atoms with van der Waals surface area (Å²) in [5.74, 6) is 0.689. The van der Waals surface area contributed by atoms with E-state index < -0.39 is 0 Å². The first-order chi connectivity index (χ1) is 8.56. The van der Waals surface area contributed by atoms with E-state index in [-0.39, 0.29) is 6.10 Å². The van der Waals surface area contributed by atoms with Gasteiger partial charge in [0.05, 0.1) is 12.2 Å². The minimum Gasteiger partial charge on any atom is -0.368 e. The smallest absolute Gasteiger partial charge is 0.0956 e. The Morgan fingerprint density at radius 1 is 1.28 bits per heavy atom. The molecule has 1 aromatic carbocycles. The van der Waals surface area contributed by atoms with E-state index in [1.54, 1.807) is 0 Å². The average Bonchev–Trinajstić information content (AvgIpc) is 2.32. The summed E-state index contributed by atoms with van der Waals surface area (Å²) in [6, 6.07) is 6.63. The van der Waals surface area contributed by atoms with Crippen molar-refractivity contribution in [1.29, 1.82) is 0 Å². The Bertz CT molecular complexity index is 400. The fourth-order valence-corrected chi connectivity index (χ4v) is 2.66. The lowest BCUT2D eigenvalue weighted by Crippen LogP contribution is -2.41. The molecule has 2 heteroatoms. The van der Waals surface area contributed by atoms with Crippen LogP contribution in [0.1, 0.15) is 43.1 Å². The summed E-state index contributed by atoms with van der Waals surface area (Å²) < 4.78 is 6.26. The van der Waals surface area contributed by atoms with Crippen LogP contribution in [0.4, 0.5) is 0 Å². The average molecular weight is 247 g/mol. The molecular formula is C16H25NO. The second kappa shape index (κ2) is 5.85. The normalized spacial score (nSPS) is 24.5. The molecule has 18 heavy (non-hydrogen) atoms. The molecule has 1 N–H and O–H groups in total. The number of aryl methyl sites for hydroxylation is 2. The zero-order chi connectivity index (χ0) is 13.1. The highest BCUT2D eigenvalue weighted by Crippen LogP contribution is 2.27. The Morgan fingerprint density at radius 3 is 2.78 bits per heavy atom. The van der Waals surface area contributed by atoms with E-state index in [9.17, 15) is 0 Å². The number of benzene rings is 1. The molecule has 0 spiro atoms. The van der Waals surface area contributed by atoms with Crippen LogP contribution in [0.5, 0.6) is 0 Å². The summed E-state index contributed by atoms with van der Waals surface area (Å²) in [4.78, 5) is 0. The van der Waals surface area contributed by atoms with Crippen LogP contribution in [-0.2, 0) is 4.74 Å². The number of nitrogens with one attached hydrogen (secondary N) is 1. The first-order valence-corrected chi connectivity index (χ1v) is 6.99. The standard InChI is InChI=1S/C16H25NO/c1-11(2)7-14-9-17-10-16(18-14)15-8-12(3)5-6-13(15)4/h5-6,8,11,14,16-17H,7,9-10H2,1-4H3. The Balaban J connectivity index is 2.10. The van der Waals surface area contributed by atoms with Gasteiger partial charge in [-0.2, -0.15) is 0 Å². The second-order valence-corrected chi connectivity index (χ2v) is 5.89. The molecule has 100 valence electrons. The number of ether oxygens (including phenoxy) is 1. The second-order valence-electron chi connectivity index (χ2n) is 5.89. The maximum absolute atomic E-state index is 6.26. The molecule has 0 aromatic heterocycles. The minimum absolute atomic E-state index is 0.211. The van der Waals surface area contributed by atoms with Crippen molar-refractivity contribution in [2.75, 3.05) is 13.1 Å². The van der Waals surface area contributed by atoms with Crippen molar-refractivity contribution in [2.45, 2.75) is 46.3 Å². The molecule has 2 atom stereocenters. The van der Waals surface area contributed by atoms with Gasteiger partial charge in [-0.3, -0.25) is 0 Å². The summed E-state index contributed by atoms with van der Waals surface area (Å²) in [6.07, 6.45) is 1.69. The zero-order valence-electron chi connectivity index (χ0n) is 12.0. The van der Waals surface area contributed by atoms with Crippen LogP contribution in [0.15, 0.2) is 18.2 Å². The third-order valence-corrected chi connectivity index (χ3v) is 3.57. The Morgan fingerprint density at radius 2 is 2.06 bits per heavy atom. The van der Waals surface area contributed by atoms with Crippen molar-refractivity contribution in [3.63, 3.8) is 0 Å². The summed E-state index contributed by atoms with van der Waals surface area (Å²) >= 11 is 0. The van der Waals surface area contributed by atoms with E-state index in [1.165, 1.54) is 16.7 Å².